The molecule has 2 aromatic carbocycles. The first-order chi connectivity index (χ1) is 10.2. The molecular formula is C17H19NO3. The lowest BCUT2D eigenvalue weighted by atomic mass is 10.0. The molecule has 4 heteroatoms. The number of aliphatic carboxylic acids is 1. The average molecular weight is 285 g/mol. The van der Waals surface area contributed by atoms with Crippen molar-refractivity contribution < 1.29 is 14.6 Å². The van der Waals surface area contributed by atoms with Gasteiger partial charge in [-0.2, -0.15) is 0 Å². The number of carboxylic acids is 1. The highest BCUT2D eigenvalue weighted by molar-refractivity contribution is 5.87. The van der Waals surface area contributed by atoms with Gasteiger partial charge in [-0.05, 0) is 41.4 Å². The van der Waals surface area contributed by atoms with Crippen molar-refractivity contribution in [3.05, 3.63) is 42.0 Å². The number of fused-ring (bicyclic) bond motifs is 1. The molecule has 1 saturated heterocycles. The third-order valence-electron chi connectivity index (χ3n) is 4.19. The minimum Gasteiger partial charge on any atom is -0.497 e. The maximum Gasteiger partial charge on any atom is 0.307 e. The summed E-state index contributed by atoms with van der Waals surface area (Å²) in [7, 11) is 1.67. The smallest absolute Gasteiger partial charge is 0.307 e. The van der Waals surface area contributed by atoms with Crippen LogP contribution >= 0.6 is 0 Å². The maximum atomic E-state index is 11.0. The summed E-state index contributed by atoms with van der Waals surface area (Å²) in [5.74, 6) is -0.0491. The van der Waals surface area contributed by atoms with Gasteiger partial charge in [0.2, 0.25) is 0 Å². The minimum atomic E-state index is -0.680. The van der Waals surface area contributed by atoms with E-state index in [2.05, 4.69) is 23.1 Å². The summed E-state index contributed by atoms with van der Waals surface area (Å²) in [4.78, 5) is 13.3. The van der Waals surface area contributed by atoms with Crippen LogP contribution in [0.25, 0.3) is 10.8 Å². The van der Waals surface area contributed by atoms with Crippen LogP contribution in [0.5, 0.6) is 5.75 Å². The molecule has 110 valence electrons. The Morgan fingerprint density at radius 2 is 2.24 bits per heavy atom. The SMILES string of the molecule is COc1ccc2c(CN3CC[C@H](C(=O)O)C3)cccc2c1. The van der Waals surface area contributed by atoms with Crippen molar-refractivity contribution in [2.45, 2.75) is 13.0 Å². The molecule has 0 bridgehead atoms. The fourth-order valence-corrected chi connectivity index (χ4v) is 3.01. The number of carbonyl (C=O) groups is 1. The molecule has 2 aromatic rings. The molecule has 1 aliphatic rings. The Labute approximate surface area is 123 Å². The second-order valence-electron chi connectivity index (χ2n) is 5.56. The summed E-state index contributed by atoms with van der Waals surface area (Å²) in [5, 5.41) is 11.4. The number of methoxy groups -OCH3 is 1. The minimum absolute atomic E-state index is 0.222. The van der Waals surface area contributed by atoms with Gasteiger partial charge in [-0.15, -0.1) is 0 Å². The average Bonchev–Trinajstić information content (AvgIpc) is 2.96. The molecule has 0 aromatic heterocycles. The van der Waals surface area contributed by atoms with Crippen LogP contribution in [0.1, 0.15) is 12.0 Å². The van der Waals surface area contributed by atoms with Crippen LogP contribution in [0.3, 0.4) is 0 Å². The largest absolute Gasteiger partial charge is 0.497 e. The molecule has 0 amide bonds. The number of carboxylic acid groups (broad SMARTS) is 1. The third kappa shape index (κ3) is 2.85. The Bertz CT molecular complexity index is 668. The van der Waals surface area contributed by atoms with Gasteiger partial charge in [-0.3, -0.25) is 9.69 Å². The highest BCUT2D eigenvalue weighted by atomic mass is 16.5. The van der Waals surface area contributed by atoms with E-state index >= 15 is 0 Å². The highest BCUT2D eigenvalue weighted by Gasteiger charge is 2.27. The summed E-state index contributed by atoms with van der Waals surface area (Å²) < 4.78 is 5.26. The van der Waals surface area contributed by atoms with Crippen LogP contribution in [0, 0.1) is 5.92 Å². The monoisotopic (exact) mass is 285 g/mol. The van der Waals surface area contributed by atoms with Gasteiger partial charge in [-0.1, -0.05) is 24.3 Å². The maximum absolute atomic E-state index is 11.0. The Morgan fingerprint density at radius 1 is 1.38 bits per heavy atom. The summed E-state index contributed by atoms with van der Waals surface area (Å²) in [6, 6.07) is 12.3. The number of benzene rings is 2. The number of hydrogen-bond acceptors (Lipinski definition) is 3. The number of hydrogen-bond donors (Lipinski definition) is 1. The lowest BCUT2D eigenvalue weighted by Crippen LogP contribution is -2.22. The van der Waals surface area contributed by atoms with E-state index in [1.54, 1.807) is 7.11 Å². The summed E-state index contributed by atoms with van der Waals surface area (Å²) in [6.45, 7) is 2.29. The molecule has 0 spiro atoms. The van der Waals surface area contributed by atoms with Crippen LogP contribution in [0.4, 0.5) is 0 Å². The first-order valence-electron chi connectivity index (χ1n) is 7.18. The molecule has 0 radical (unpaired) electrons. The number of nitrogens with zero attached hydrogens (tertiary/aromatic N) is 1. The van der Waals surface area contributed by atoms with Crippen LogP contribution < -0.4 is 4.74 Å². The number of rotatable bonds is 4. The van der Waals surface area contributed by atoms with Gasteiger partial charge in [0.15, 0.2) is 0 Å². The van der Waals surface area contributed by atoms with E-state index in [1.165, 1.54) is 10.9 Å². The summed E-state index contributed by atoms with van der Waals surface area (Å²) in [5.41, 5.74) is 1.24. The molecule has 4 nitrogen and oxygen atoms in total. The fourth-order valence-electron chi connectivity index (χ4n) is 3.01. The molecule has 1 heterocycles. The van der Waals surface area contributed by atoms with Crippen molar-refractivity contribution in [3.8, 4) is 5.75 Å². The van der Waals surface area contributed by atoms with E-state index in [-0.39, 0.29) is 5.92 Å². The van der Waals surface area contributed by atoms with Gasteiger partial charge in [0.05, 0.1) is 13.0 Å². The quantitative estimate of drug-likeness (QED) is 0.938. The van der Waals surface area contributed by atoms with E-state index in [9.17, 15) is 4.79 Å². The molecule has 1 N–H and O–H groups in total. The standard InChI is InChI=1S/C17H19NO3/c1-21-15-5-6-16-12(9-15)3-2-4-13(16)10-18-8-7-14(11-18)17(19)20/h2-6,9,14H,7-8,10-11H2,1H3,(H,19,20)/t14-/m0/s1. The van der Waals surface area contributed by atoms with Gasteiger partial charge in [0, 0.05) is 13.1 Å². The number of ether oxygens (including phenoxy) is 1. The Morgan fingerprint density at radius 3 is 2.95 bits per heavy atom. The molecule has 21 heavy (non-hydrogen) atoms. The third-order valence-corrected chi connectivity index (χ3v) is 4.19. The second-order valence-corrected chi connectivity index (χ2v) is 5.56. The zero-order chi connectivity index (χ0) is 14.8. The molecule has 3 rings (SSSR count). The van der Waals surface area contributed by atoms with E-state index in [1.807, 2.05) is 18.2 Å². The Hall–Kier alpha value is -2.07. The van der Waals surface area contributed by atoms with Crippen LogP contribution in [-0.2, 0) is 11.3 Å². The van der Waals surface area contributed by atoms with E-state index in [0.717, 1.165) is 30.6 Å². The molecular weight excluding hydrogens is 266 g/mol. The topological polar surface area (TPSA) is 49.8 Å². The first-order valence-corrected chi connectivity index (χ1v) is 7.18. The van der Waals surface area contributed by atoms with E-state index in [0.29, 0.717) is 6.54 Å². The van der Waals surface area contributed by atoms with Gasteiger partial charge in [0.1, 0.15) is 5.75 Å². The molecule has 0 aliphatic carbocycles. The van der Waals surface area contributed by atoms with Crippen LogP contribution in [0.2, 0.25) is 0 Å². The Kier molecular flexibility index (Phi) is 3.80. The predicted octanol–water partition coefficient (Wildman–Crippen LogP) is 2.75. The lowest BCUT2D eigenvalue weighted by molar-refractivity contribution is -0.141. The fraction of sp³-hybridized carbons (Fsp3) is 0.353. The van der Waals surface area contributed by atoms with Crippen molar-refractivity contribution in [1.82, 2.24) is 4.90 Å². The zero-order valence-electron chi connectivity index (χ0n) is 12.1. The highest BCUT2D eigenvalue weighted by Crippen LogP contribution is 2.26. The van der Waals surface area contributed by atoms with Gasteiger partial charge < -0.3 is 9.84 Å². The van der Waals surface area contributed by atoms with Gasteiger partial charge in [0.25, 0.3) is 0 Å². The molecule has 1 fully saturated rings. The second kappa shape index (κ2) is 5.74. The normalized spacial score (nSPS) is 19.0. The molecule has 1 atom stereocenters. The van der Waals surface area contributed by atoms with Crippen molar-refractivity contribution >= 4 is 16.7 Å². The van der Waals surface area contributed by atoms with Gasteiger partial charge in [-0.25, -0.2) is 0 Å². The molecule has 1 aliphatic heterocycles. The lowest BCUT2D eigenvalue weighted by Gasteiger charge is -2.17. The van der Waals surface area contributed by atoms with Crippen molar-refractivity contribution in [2.75, 3.05) is 20.2 Å². The van der Waals surface area contributed by atoms with Crippen LogP contribution in [-0.4, -0.2) is 36.2 Å². The van der Waals surface area contributed by atoms with Crippen molar-refractivity contribution in [1.29, 1.82) is 0 Å². The molecule has 0 saturated carbocycles. The van der Waals surface area contributed by atoms with E-state index in [4.69, 9.17) is 9.84 Å². The van der Waals surface area contributed by atoms with Crippen LogP contribution in [0.15, 0.2) is 36.4 Å². The number of likely N-dealkylation sites (tertiary alicyclic amines) is 1. The predicted molar refractivity (Wildman–Crippen MR) is 81.5 cm³/mol. The van der Waals surface area contributed by atoms with Gasteiger partial charge >= 0.3 is 5.97 Å². The Balaban J connectivity index is 1.83. The van der Waals surface area contributed by atoms with Crippen molar-refractivity contribution in [3.63, 3.8) is 0 Å². The zero-order valence-corrected chi connectivity index (χ0v) is 12.1. The summed E-state index contributed by atoms with van der Waals surface area (Å²) >= 11 is 0. The molecule has 0 unspecified atom stereocenters. The van der Waals surface area contributed by atoms with Crippen molar-refractivity contribution in [2.24, 2.45) is 5.92 Å². The first kappa shape index (κ1) is 13.9. The van der Waals surface area contributed by atoms with E-state index < -0.39 is 5.97 Å². The summed E-state index contributed by atoms with van der Waals surface area (Å²) in [6.07, 6.45) is 0.744.